The fraction of sp³-hybridized carbons (Fsp3) is 0.281. The third-order valence-electron chi connectivity index (χ3n) is 6.66. The van der Waals surface area contributed by atoms with Crippen LogP contribution in [0.3, 0.4) is 0 Å². The van der Waals surface area contributed by atoms with Gasteiger partial charge in [0.2, 0.25) is 11.8 Å². The van der Waals surface area contributed by atoms with Gasteiger partial charge in [-0.2, -0.15) is 5.10 Å². The molecule has 208 valence electrons. The quantitative estimate of drug-likeness (QED) is 0.151. The molecule has 2 amide bonds. The van der Waals surface area contributed by atoms with Gasteiger partial charge in [-0.1, -0.05) is 53.2 Å². The zero-order chi connectivity index (χ0) is 28.5. The van der Waals surface area contributed by atoms with Crippen LogP contribution < -0.4 is 19.8 Å². The molecule has 7 nitrogen and oxygen atoms in total. The number of benzene rings is 3. The van der Waals surface area contributed by atoms with Crippen LogP contribution in [-0.4, -0.2) is 31.2 Å². The lowest BCUT2D eigenvalue weighted by Gasteiger charge is -2.17. The molecule has 0 saturated carbocycles. The Morgan fingerprint density at radius 1 is 1.10 bits per heavy atom. The van der Waals surface area contributed by atoms with Gasteiger partial charge in [0.1, 0.15) is 6.61 Å². The summed E-state index contributed by atoms with van der Waals surface area (Å²) in [5.41, 5.74) is 7.30. The second-order valence-corrected chi connectivity index (χ2v) is 10.4. The van der Waals surface area contributed by atoms with Crippen LogP contribution in [0.25, 0.3) is 0 Å². The Balaban J connectivity index is 1.43. The number of rotatable bonds is 12. The first-order chi connectivity index (χ1) is 19.4. The van der Waals surface area contributed by atoms with Gasteiger partial charge in [0.25, 0.3) is 0 Å². The maximum Gasteiger partial charge on any atom is 0.245 e. The number of hydrogen-bond donors (Lipinski definition) is 1. The van der Waals surface area contributed by atoms with Crippen LogP contribution in [0.2, 0.25) is 0 Å². The van der Waals surface area contributed by atoms with Crippen molar-refractivity contribution in [3.8, 4) is 11.5 Å². The molecular weight excluding hydrogens is 570 g/mol. The Labute approximate surface area is 244 Å². The molecule has 1 saturated heterocycles. The highest BCUT2D eigenvalue weighted by atomic mass is 79.9. The normalized spacial score (nSPS) is 14.9. The number of carbonyl (C=O) groups excluding carboxylic acids is 2. The third kappa shape index (κ3) is 7.39. The van der Waals surface area contributed by atoms with E-state index in [1.165, 1.54) is 5.56 Å². The first kappa shape index (κ1) is 29.1. The summed E-state index contributed by atoms with van der Waals surface area (Å²) in [6, 6.07) is 19.6. The standard InChI is InChI=1S/C32H34BrN3O4/c1-4-7-25-16-24(17-29(39-6-3)31(25)40-21-23-8-12-27(33)13-9-23)19-34-35-32(38)26-18-30(37)36(20-26)28-14-10-22(5-2)11-15-28/h4,8-17,19,26H,1,5-7,18,20-21H2,2-3H3,(H,35,38)/b34-19+/t26-/m0/s1. The highest BCUT2D eigenvalue weighted by molar-refractivity contribution is 9.10. The molecule has 1 aliphatic heterocycles. The molecule has 3 aromatic rings. The summed E-state index contributed by atoms with van der Waals surface area (Å²) in [5.74, 6) is 0.422. The van der Waals surface area contributed by atoms with Crippen molar-refractivity contribution in [2.45, 2.75) is 39.7 Å². The van der Waals surface area contributed by atoms with Crippen molar-refractivity contribution in [2.24, 2.45) is 11.0 Å². The number of halogens is 1. The Morgan fingerprint density at radius 2 is 1.82 bits per heavy atom. The van der Waals surface area contributed by atoms with Gasteiger partial charge in [0.15, 0.2) is 11.5 Å². The van der Waals surface area contributed by atoms with E-state index in [1.807, 2.05) is 67.6 Å². The molecule has 1 aliphatic rings. The molecule has 0 aromatic heterocycles. The largest absolute Gasteiger partial charge is 0.490 e. The predicted molar refractivity (Wildman–Crippen MR) is 162 cm³/mol. The molecule has 1 fully saturated rings. The first-order valence-corrected chi connectivity index (χ1v) is 14.2. The highest BCUT2D eigenvalue weighted by Crippen LogP contribution is 2.34. The number of aryl methyl sites for hydroxylation is 1. The molecule has 3 aromatic carbocycles. The van der Waals surface area contributed by atoms with E-state index in [0.29, 0.717) is 37.7 Å². The van der Waals surface area contributed by atoms with Crippen molar-refractivity contribution >= 4 is 39.6 Å². The Kier molecular flexibility index (Phi) is 10.1. The summed E-state index contributed by atoms with van der Waals surface area (Å²) in [7, 11) is 0. The van der Waals surface area contributed by atoms with E-state index in [-0.39, 0.29) is 18.2 Å². The number of nitrogens with zero attached hydrogens (tertiary/aromatic N) is 2. The van der Waals surface area contributed by atoms with E-state index >= 15 is 0 Å². The smallest absolute Gasteiger partial charge is 0.245 e. The number of anilines is 1. The number of hydrogen-bond acceptors (Lipinski definition) is 5. The topological polar surface area (TPSA) is 80.2 Å². The van der Waals surface area contributed by atoms with Gasteiger partial charge >= 0.3 is 0 Å². The van der Waals surface area contributed by atoms with Crippen LogP contribution >= 0.6 is 15.9 Å². The van der Waals surface area contributed by atoms with E-state index < -0.39 is 5.92 Å². The van der Waals surface area contributed by atoms with Crippen molar-refractivity contribution in [1.29, 1.82) is 0 Å². The van der Waals surface area contributed by atoms with Crippen LogP contribution in [0.1, 0.15) is 42.5 Å². The lowest BCUT2D eigenvalue weighted by Crippen LogP contribution is -2.30. The molecule has 4 rings (SSSR count). The summed E-state index contributed by atoms with van der Waals surface area (Å²) >= 11 is 3.45. The molecule has 0 aliphatic carbocycles. The fourth-order valence-electron chi connectivity index (χ4n) is 4.53. The molecule has 0 spiro atoms. The number of hydrazone groups is 1. The molecule has 0 unspecified atom stereocenters. The lowest BCUT2D eigenvalue weighted by molar-refractivity contribution is -0.126. The molecule has 1 N–H and O–H groups in total. The van der Waals surface area contributed by atoms with E-state index in [0.717, 1.165) is 33.3 Å². The maximum atomic E-state index is 12.8. The molecule has 1 atom stereocenters. The van der Waals surface area contributed by atoms with Crippen LogP contribution in [0.5, 0.6) is 11.5 Å². The second-order valence-electron chi connectivity index (χ2n) is 9.51. The van der Waals surface area contributed by atoms with Crippen LogP contribution in [0, 0.1) is 5.92 Å². The minimum atomic E-state index is -0.472. The zero-order valence-electron chi connectivity index (χ0n) is 22.9. The SMILES string of the molecule is C=CCc1cc(/C=N/NC(=O)[C@H]2CC(=O)N(c3ccc(CC)cc3)C2)cc(OCC)c1OCc1ccc(Br)cc1. The van der Waals surface area contributed by atoms with Gasteiger partial charge in [-0.25, -0.2) is 5.43 Å². The minimum absolute atomic E-state index is 0.0671. The van der Waals surface area contributed by atoms with Gasteiger partial charge < -0.3 is 14.4 Å². The van der Waals surface area contributed by atoms with Crippen LogP contribution in [0.15, 0.2) is 82.9 Å². The van der Waals surface area contributed by atoms with Crippen molar-refractivity contribution in [1.82, 2.24) is 5.43 Å². The average Bonchev–Trinajstić information content (AvgIpc) is 3.35. The van der Waals surface area contributed by atoms with Crippen molar-refractivity contribution < 1.29 is 19.1 Å². The highest BCUT2D eigenvalue weighted by Gasteiger charge is 2.35. The van der Waals surface area contributed by atoms with Crippen LogP contribution in [0.4, 0.5) is 5.69 Å². The second kappa shape index (κ2) is 13.9. The summed E-state index contributed by atoms with van der Waals surface area (Å²) in [6.07, 6.45) is 5.03. The van der Waals surface area contributed by atoms with E-state index in [9.17, 15) is 9.59 Å². The third-order valence-corrected chi connectivity index (χ3v) is 7.18. The molecule has 1 heterocycles. The van der Waals surface area contributed by atoms with Gasteiger partial charge in [-0.15, -0.1) is 6.58 Å². The molecule has 0 bridgehead atoms. The first-order valence-electron chi connectivity index (χ1n) is 13.4. The zero-order valence-corrected chi connectivity index (χ0v) is 24.4. The number of amides is 2. The van der Waals surface area contributed by atoms with Gasteiger partial charge in [0, 0.05) is 28.7 Å². The minimum Gasteiger partial charge on any atom is -0.490 e. The Hall–Kier alpha value is -3.91. The summed E-state index contributed by atoms with van der Waals surface area (Å²) < 4.78 is 13.1. The Bertz CT molecular complexity index is 1370. The van der Waals surface area contributed by atoms with Crippen LogP contribution in [-0.2, 0) is 29.0 Å². The lowest BCUT2D eigenvalue weighted by atomic mass is 10.1. The average molecular weight is 605 g/mol. The van der Waals surface area contributed by atoms with Crippen molar-refractivity contribution in [2.75, 3.05) is 18.1 Å². The van der Waals surface area contributed by atoms with Gasteiger partial charge in [0.05, 0.1) is 18.7 Å². The monoisotopic (exact) mass is 603 g/mol. The number of carbonyl (C=O) groups is 2. The fourth-order valence-corrected chi connectivity index (χ4v) is 4.80. The maximum absolute atomic E-state index is 12.8. The summed E-state index contributed by atoms with van der Waals surface area (Å²) in [6.45, 7) is 9.06. The predicted octanol–water partition coefficient (Wildman–Crippen LogP) is 6.22. The molecular formula is C32H34BrN3O4. The number of allylic oxidation sites excluding steroid dienone is 1. The van der Waals surface area contributed by atoms with Gasteiger partial charge in [-0.05, 0) is 72.9 Å². The number of nitrogens with one attached hydrogen (secondary N) is 1. The van der Waals surface area contributed by atoms with Crippen molar-refractivity contribution in [3.05, 3.63) is 100 Å². The van der Waals surface area contributed by atoms with E-state index in [1.54, 1.807) is 17.2 Å². The molecule has 0 radical (unpaired) electrons. The molecule has 8 heteroatoms. The summed E-state index contributed by atoms with van der Waals surface area (Å²) in [5, 5.41) is 4.18. The van der Waals surface area contributed by atoms with Gasteiger partial charge in [-0.3, -0.25) is 9.59 Å². The Morgan fingerprint density at radius 3 is 2.50 bits per heavy atom. The van der Waals surface area contributed by atoms with E-state index in [2.05, 4.69) is 40.0 Å². The molecule has 40 heavy (non-hydrogen) atoms. The summed E-state index contributed by atoms with van der Waals surface area (Å²) in [4.78, 5) is 27.1. The number of ether oxygens (including phenoxy) is 2. The van der Waals surface area contributed by atoms with Crippen molar-refractivity contribution in [3.63, 3.8) is 0 Å². The van der Waals surface area contributed by atoms with E-state index in [4.69, 9.17) is 9.47 Å².